The number of ether oxygens (including phenoxy) is 2. The summed E-state index contributed by atoms with van der Waals surface area (Å²) in [6, 6.07) is 11.4. The van der Waals surface area contributed by atoms with Gasteiger partial charge < -0.3 is 19.5 Å². The standard InChI is InChI=1S/C24H22ClNO5/c25-16-8-5-14(6-9-16)21-20(23(28)24(29)26(21)17-3-1-2-4-17)22(27)15-7-10-18-19(13-15)31-12-11-30-18/h5-10,13,17,21,27H,1-4,11-12H2/b22-20-. The lowest BCUT2D eigenvalue weighted by Gasteiger charge is -2.30. The second kappa shape index (κ2) is 7.93. The van der Waals surface area contributed by atoms with Gasteiger partial charge in [0.2, 0.25) is 0 Å². The molecule has 1 saturated carbocycles. The third kappa shape index (κ3) is 3.45. The first-order valence-corrected chi connectivity index (χ1v) is 10.9. The minimum absolute atomic E-state index is 0.0253. The van der Waals surface area contributed by atoms with Crippen LogP contribution in [0.3, 0.4) is 0 Å². The van der Waals surface area contributed by atoms with Gasteiger partial charge in [0.25, 0.3) is 11.7 Å². The van der Waals surface area contributed by atoms with E-state index in [1.807, 2.05) is 0 Å². The number of benzene rings is 2. The zero-order valence-electron chi connectivity index (χ0n) is 16.8. The number of halogens is 1. The SMILES string of the molecule is O=C1C(=O)N(C2CCCC2)C(c2ccc(Cl)cc2)/C1=C(/O)c1ccc2c(c1)OCCO2. The maximum absolute atomic E-state index is 13.1. The maximum atomic E-state index is 13.1. The number of carbonyl (C=O) groups is 2. The largest absolute Gasteiger partial charge is 0.507 e. The maximum Gasteiger partial charge on any atom is 0.295 e. The van der Waals surface area contributed by atoms with Crippen molar-refractivity contribution in [2.75, 3.05) is 13.2 Å². The van der Waals surface area contributed by atoms with Gasteiger partial charge in [-0.15, -0.1) is 0 Å². The molecule has 2 fully saturated rings. The van der Waals surface area contributed by atoms with Gasteiger partial charge in [-0.25, -0.2) is 0 Å². The van der Waals surface area contributed by atoms with Crippen molar-refractivity contribution < 1.29 is 24.2 Å². The van der Waals surface area contributed by atoms with Crippen LogP contribution in [-0.2, 0) is 9.59 Å². The number of amides is 1. The van der Waals surface area contributed by atoms with Crippen LogP contribution in [0.5, 0.6) is 11.5 Å². The number of Topliss-reactive ketones (excluding diaryl/α,β-unsaturated/α-hetero) is 1. The summed E-state index contributed by atoms with van der Waals surface area (Å²) in [5, 5.41) is 11.8. The van der Waals surface area contributed by atoms with E-state index in [1.54, 1.807) is 47.4 Å². The Morgan fingerprint density at radius 2 is 1.65 bits per heavy atom. The average molecular weight is 440 g/mol. The first-order chi connectivity index (χ1) is 15.0. The van der Waals surface area contributed by atoms with Crippen molar-refractivity contribution in [1.29, 1.82) is 0 Å². The molecular weight excluding hydrogens is 418 g/mol. The van der Waals surface area contributed by atoms with E-state index in [0.717, 1.165) is 31.2 Å². The van der Waals surface area contributed by atoms with Gasteiger partial charge >= 0.3 is 0 Å². The van der Waals surface area contributed by atoms with E-state index in [-0.39, 0.29) is 17.4 Å². The molecule has 160 valence electrons. The van der Waals surface area contributed by atoms with E-state index in [2.05, 4.69) is 0 Å². The number of fused-ring (bicyclic) bond motifs is 1. The molecule has 1 aliphatic carbocycles. The fraction of sp³-hybridized carbons (Fsp3) is 0.333. The monoisotopic (exact) mass is 439 g/mol. The molecule has 2 heterocycles. The summed E-state index contributed by atoms with van der Waals surface area (Å²) in [5.41, 5.74) is 1.25. The summed E-state index contributed by atoms with van der Waals surface area (Å²) >= 11 is 6.07. The second-order valence-corrected chi connectivity index (χ2v) is 8.49. The second-order valence-electron chi connectivity index (χ2n) is 8.05. The Morgan fingerprint density at radius 3 is 2.35 bits per heavy atom. The molecule has 6 nitrogen and oxygen atoms in total. The third-order valence-corrected chi connectivity index (χ3v) is 6.45. The molecule has 0 spiro atoms. The summed E-state index contributed by atoms with van der Waals surface area (Å²) in [6.45, 7) is 0.870. The molecule has 2 aromatic carbocycles. The van der Waals surface area contributed by atoms with E-state index in [4.69, 9.17) is 21.1 Å². The molecule has 1 saturated heterocycles. The Bertz CT molecular complexity index is 1070. The summed E-state index contributed by atoms with van der Waals surface area (Å²) in [7, 11) is 0. The van der Waals surface area contributed by atoms with Crippen molar-refractivity contribution in [2.45, 2.75) is 37.8 Å². The van der Waals surface area contributed by atoms with Gasteiger partial charge in [-0.1, -0.05) is 36.6 Å². The number of aliphatic hydroxyl groups excluding tert-OH is 1. The highest BCUT2D eigenvalue weighted by Gasteiger charge is 2.49. The van der Waals surface area contributed by atoms with Gasteiger partial charge in [-0.05, 0) is 48.7 Å². The van der Waals surface area contributed by atoms with Gasteiger partial charge in [0.1, 0.15) is 19.0 Å². The van der Waals surface area contributed by atoms with Crippen LogP contribution in [0.25, 0.3) is 5.76 Å². The minimum atomic E-state index is -0.667. The van der Waals surface area contributed by atoms with Crippen molar-refractivity contribution in [1.82, 2.24) is 4.90 Å². The Balaban J connectivity index is 1.64. The number of nitrogens with zero attached hydrogens (tertiary/aromatic N) is 1. The molecule has 7 heteroatoms. The fourth-order valence-electron chi connectivity index (χ4n) is 4.73. The van der Waals surface area contributed by atoms with Crippen LogP contribution < -0.4 is 9.47 Å². The molecule has 0 aromatic heterocycles. The van der Waals surface area contributed by atoms with Crippen molar-refractivity contribution in [3.8, 4) is 11.5 Å². The number of rotatable bonds is 3. The molecule has 3 aliphatic rings. The van der Waals surface area contributed by atoms with Crippen LogP contribution >= 0.6 is 11.6 Å². The third-order valence-electron chi connectivity index (χ3n) is 6.20. The molecular formula is C24H22ClNO5. The lowest BCUT2D eigenvalue weighted by molar-refractivity contribution is -0.141. The smallest absolute Gasteiger partial charge is 0.295 e. The Kier molecular flexibility index (Phi) is 5.10. The molecule has 31 heavy (non-hydrogen) atoms. The molecule has 5 rings (SSSR count). The summed E-state index contributed by atoms with van der Waals surface area (Å²) in [5.74, 6) is -0.354. The molecule has 1 atom stereocenters. The van der Waals surface area contributed by atoms with Crippen molar-refractivity contribution in [2.24, 2.45) is 0 Å². The summed E-state index contributed by atoms with van der Waals surface area (Å²) in [6.07, 6.45) is 3.73. The number of ketones is 1. The van der Waals surface area contributed by atoms with E-state index >= 15 is 0 Å². The van der Waals surface area contributed by atoms with E-state index in [9.17, 15) is 14.7 Å². The van der Waals surface area contributed by atoms with Crippen LogP contribution in [0.1, 0.15) is 42.9 Å². The van der Waals surface area contributed by atoms with Crippen LogP contribution in [0.4, 0.5) is 0 Å². The average Bonchev–Trinajstić information content (AvgIpc) is 3.40. The highest BCUT2D eigenvalue weighted by molar-refractivity contribution is 6.46. The van der Waals surface area contributed by atoms with Gasteiger partial charge in [0.15, 0.2) is 11.5 Å². The normalized spacial score (nSPS) is 22.9. The van der Waals surface area contributed by atoms with Crippen LogP contribution in [0, 0.1) is 0 Å². The van der Waals surface area contributed by atoms with Crippen molar-refractivity contribution in [3.63, 3.8) is 0 Å². The number of hydrogen-bond donors (Lipinski definition) is 1. The molecule has 2 aliphatic heterocycles. The van der Waals surface area contributed by atoms with Crippen LogP contribution in [0.15, 0.2) is 48.0 Å². The quantitative estimate of drug-likeness (QED) is 0.433. The zero-order valence-corrected chi connectivity index (χ0v) is 17.6. The minimum Gasteiger partial charge on any atom is -0.507 e. The first-order valence-electron chi connectivity index (χ1n) is 10.5. The lowest BCUT2D eigenvalue weighted by atomic mass is 9.94. The Labute approximate surface area is 185 Å². The lowest BCUT2D eigenvalue weighted by Crippen LogP contribution is -2.37. The Morgan fingerprint density at radius 1 is 0.968 bits per heavy atom. The van der Waals surface area contributed by atoms with Gasteiger partial charge in [-0.2, -0.15) is 0 Å². The molecule has 2 aromatic rings. The fourth-order valence-corrected chi connectivity index (χ4v) is 4.85. The highest BCUT2D eigenvalue weighted by Crippen LogP contribution is 2.44. The Hall–Kier alpha value is -2.99. The van der Waals surface area contributed by atoms with Crippen LogP contribution in [0.2, 0.25) is 5.02 Å². The van der Waals surface area contributed by atoms with Gasteiger partial charge in [-0.3, -0.25) is 9.59 Å². The van der Waals surface area contributed by atoms with Gasteiger partial charge in [0.05, 0.1) is 11.6 Å². The molecule has 1 amide bonds. The predicted molar refractivity (Wildman–Crippen MR) is 115 cm³/mol. The topological polar surface area (TPSA) is 76.1 Å². The number of carbonyl (C=O) groups excluding carboxylic acids is 2. The van der Waals surface area contributed by atoms with E-state index < -0.39 is 17.7 Å². The number of aliphatic hydroxyl groups is 1. The van der Waals surface area contributed by atoms with E-state index in [0.29, 0.717) is 35.3 Å². The first kappa shape index (κ1) is 19.9. The van der Waals surface area contributed by atoms with Crippen molar-refractivity contribution >= 4 is 29.1 Å². The summed E-state index contributed by atoms with van der Waals surface area (Å²) in [4.78, 5) is 27.9. The molecule has 1 unspecified atom stereocenters. The number of hydrogen-bond acceptors (Lipinski definition) is 5. The molecule has 0 bridgehead atoms. The number of likely N-dealkylation sites (tertiary alicyclic amines) is 1. The predicted octanol–water partition coefficient (Wildman–Crippen LogP) is 4.48. The van der Waals surface area contributed by atoms with Crippen molar-refractivity contribution in [3.05, 3.63) is 64.2 Å². The highest BCUT2D eigenvalue weighted by atomic mass is 35.5. The van der Waals surface area contributed by atoms with Crippen LogP contribution in [-0.4, -0.2) is 41.0 Å². The molecule has 1 N–H and O–H groups in total. The van der Waals surface area contributed by atoms with Gasteiger partial charge in [0, 0.05) is 16.6 Å². The van der Waals surface area contributed by atoms with E-state index in [1.165, 1.54) is 0 Å². The molecule has 0 radical (unpaired) electrons. The summed E-state index contributed by atoms with van der Waals surface area (Å²) < 4.78 is 11.2. The zero-order chi connectivity index (χ0) is 21.5.